The van der Waals surface area contributed by atoms with Crippen LogP contribution in [0.4, 0.5) is 5.95 Å². The van der Waals surface area contributed by atoms with Gasteiger partial charge in [0.1, 0.15) is 5.52 Å². The Morgan fingerprint density at radius 2 is 1.66 bits per heavy atom. The predicted octanol–water partition coefficient (Wildman–Crippen LogP) is 1.18. The third-order valence-corrected chi connectivity index (χ3v) is 5.63. The molecule has 5 rings (SSSR count). The summed E-state index contributed by atoms with van der Waals surface area (Å²) >= 11 is 0. The van der Waals surface area contributed by atoms with Gasteiger partial charge in [0.25, 0.3) is 11.5 Å². The van der Waals surface area contributed by atoms with Crippen LogP contribution in [0.1, 0.15) is 16.1 Å². The molecule has 1 aromatic carbocycles. The first-order chi connectivity index (χ1) is 15.5. The number of aryl methyl sites for hydroxylation is 2. The molecule has 1 fully saturated rings. The lowest BCUT2D eigenvalue weighted by Gasteiger charge is -2.34. The third kappa shape index (κ3) is 3.39. The highest BCUT2D eigenvalue weighted by Crippen LogP contribution is 2.20. The molecule has 0 aliphatic carbocycles. The monoisotopic (exact) mass is 430 g/mol. The first-order valence-electron chi connectivity index (χ1n) is 10.4. The molecule has 10 nitrogen and oxygen atoms in total. The maximum Gasteiger partial charge on any atom is 0.279 e. The fourth-order valence-corrected chi connectivity index (χ4v) is 3.82. The SMILES string of the molecule is Cc1ccc(-n2nc(C(=O)N3CCN(c4ncccn4)CC3)c3ncn(C)c(=O)c32)cc1. The van der Waals surface area contributed by atoms with Crippen molar-refractivity contribution >= 4 is 22.9 Å². The van der Waals surface area contributed by atoms with Gasteiger partial charge in [-0.3, -0.25) is 9.59 Å². The number of fused-ring (bicyclic) bond motifs is 1. The molecule has 0 radical (unpaired) electrons. The number of rotatable bonds is 3. The molecule has 3 aromatic heterocycles. The molecule has 4 heterocycles. The van der Waals surface area contributed by atoms with Gasteiger partial charge >= 0.3 is 0 Å². The van der Waals surface area contributed by atoms with Crippen LogP contribution in [-0.2, 0) is 7.05 Å². The van der Waals surface area contributed by atoms with Gasteiger partial charge in [0, 0.05) is 45.6 Å². The van der Waals surface area contributed by atoms with Gasteiger partial charge in [-0.05, 0) is 25.1 Å². The second kappa shape index (κ2) is 7.88. The first-order valence-corrected chi connectivity index (χ1v) is 10.4. The van der Waals surface area contributed by atoms with Crippen LogP contribution >= 0.6 is 0 Å². The van der Waals surface area contributed by atoms with E-state index in [0.29, 0.717) is 48.8 Å². The third-order valence-electron chi connectivity index (χ3n) is 5.63. The van der Waals surface area contributed by atoms with E-state index >= 15 is 0 Å². The Balaban J connectivity index is 1.49. The van der Waals surface area contributed by atoms with E-state index in [1.165, 1.54) is 15.6 Å². The summed E-state index contributed by atoms with van der Waals surface area (Å²) in [5.41, 5.74) is 2.32. The lowest BCUT2D eigenvalue weighted by molar-refractivity contribution is 0.0741. The van der Waals surface area contributed by atoms with Gasteiger partial charge in [0.15, 0.2) is 11.2 Å². The van der Waals surface area contributed by atoms with Gasteiger partial charge in [-0.1, -0.05) is 17.7 Å². The first kappa shape index (κ1) is 19.9. The van der Waals surface area contributed by atoms with E-state index in [1.807, 2.05) is 36.1 Å². The van der Waals surface area contributed by atoms with Crippen molar-refractivity contribution in [1.82, 2.24) is 34.2 Å². The summed E-state index contributed by atoms with van der Waals surface area (Å²) in [6.45, 7) is 4.21. The van der Waals surface area contributed by atoms with Gasteiger partial charge in [0.2, 0.25) is 5.95 Å². The summed E-state index contributed by atoms with van der Waals surface area (Å²) in [7, 11) is 1.63. The molecule has 32 heavy (non-hydrogen) atoms. The van der Waals surface area contributed by atoms with E-state index in [-0.39, 0.29) is 17.2 Å². The highest BCUT2D eigenvalue weighted by atomic mass is 16.2. The van der Waals surface area contributed by atoms with Crippen molar-refractivity contribution in [2.75, 3.05) is 31.1 Å². The van der Waals surface area contributed by atoms with Crippen LogP contribution in [0.3, 0.4) is 0 Å². The lowest BCUT2D eigenvalue weighted by atomic mass is 10.2. The topological polar surface area (TPSA) is 102 Å². The number of carbonyl (C=O) groups is 1. The molecule has 0 saturated carbocycles. The van der Waals surface area contributed by atoms with Crippen LogP contribution in [0.5, 0.6) is 0 Å². The van der Waals surface area contributed by atoms with Crippen molar-refractivity contribution in [2.24, 2.45) is 7.05 Å². The Bertz CT molecular complexity index is 1340. The van der Waals surface area contributed by atoms with E-state index in [2.05, 4.69) is 20.1 Å². The van der Waals surface area contributed by atoms with Crippen LogP contribution in [0.15, 0.2) is 53.8 Å². The van der Waals surface area contributed by atoms with Gasteiger partial charge in [-0.25, -0.2) is 19.6 Å². The molecule has 10 heteroatoms. The average Bonchev–Trinajstić information content (AvgIpc) is 3.22. The zero-order valence-corrected chi connectivity index (χ0v) is 17.8. The maximum absolute atomic E-state index is 13.4. The zero-order valence-electron chi connectivity index (χ0n) is 17.8. The maximum atomic E-state index is 13.4. The number of hydrogen-bond donors (Lipinski definition) is 0. The second-order valence-corrected chi connectivity index (χ2v) is 7.78. The minimum absolute atomic E-state index is 0.183. The molecule has 0 N–H and O–H groups in total. The molecule has 0 bridgehead atoms. The van der Waals surface area contributed by atoms with E-state index < -0.39 is 0 Å². The summed E-state index contributed by atoms with van der Waals surface area (Å²) in [5, 5.41) is 4.55. The van der Waals surface area contributed by atoms with Gasteiger partial charge in [-0.2, -0.15) is 5.10 Å². The standard InChI is InChI=1S/C22H22N8O2/c1-15-4-6-16(7-5-15)30-19-17(25-14-27(2)21(19)32)18(26-30)20(31)28-10-12-29(13-11-28)22-23-8-3-9-24-22/h3-9,14H,10-13H2,1-2H3. The number of nitrogens with zero attached hydrogens (tertiary/aromatic N) is 8. The molecular formula is C22H22N8O2. The van der Waals surface area contributed by atoms with Crippen molar-refractivity contribution in [3.63, 3.8) is 0 Å². The highest BCUT2D eigenvalue weighted by Gasteiger charge is 2.29. The molecule has 1 amide bonds. The normalized spacial score (nSPS) is 14.2. The summed E-state index contributed by atoms with van der Waals surface area (Å²) in [5.74, 6) is 0.411. The summed E-state index contributed by atoms with van der Waals surface area (Å²) in [6, 6.07) is 9.41. The zero-order chi connectivity index (χ0) is 22.2. The average molecular weight is 430 g/mol. The number of aromatic nitrogens is 6. The van der Waals surface area contributed by atoms with Crippen LogP contribution in [0.2, 0.25) is 0 Å². The Kier molecular flexibility index (Phi) is 4.89. The Labute approximate surface area is 183 Å². The van der Waals surface area contributed by atoms with E-state index in [1.54, 1.807) is 30.4 Å². The lowest BCUT2D eigenvalue weighted by Crippen LogP contribution is -2.49. The Morgan fingerprint density at radius 3 is 2.34 bits per heavy atom. The molecule has 1 aliphatic heterocycles. The molecule has 1 saturated heterocycles. The van der Waals surface area contributed by atoms with Gasteiger partial charge in [-0.15, -0.1) is 0 Å². The number of piperazine rings is 1. The molecular weight excluding hydrogens is 408 g/mol. The molecule has 0 atom stereocenters. The highest BCUT2D eigenvalue weighted by molar-refractivity contribution is 6.03. The minimum Gasteiger partial charge on any atom is -0.337 e. The van der Waals surface area contributed by atoms with Crippen molar-refractivity contribution in [3.8, 4) is 5.69 Å². The summed E-state index contributed by atoms with van der Waals surface area (Å²) in [6.07, 6.45) is 4.83. The molecule has 162 valence electrons. The van der Waals surface area contributed by atoms with Crippen LogP contribution in [-0.4, -0.2) is 66.3 Å². The van der Waals surface area contributed by atoms with Crippen LogP contribution in [0, 0.1) is 6.92 Å². The number of anilines is 1. The molecule has 1 aliphatic rings. The summed E-state index contributed by atoms with van der Waals surface area (Å²) < 4.78 is 2.91. The van der Waals surface area contributed by atoms with Crippen LogP contribution < -0.4 is 10.5 Å². The second-order valence-electron chi connectivity index (χ2n) is 7.78. The van der Waals surface area contributed by atoms with Gasteiger partial charge in [0.05, 0.1) is 12.0 Å². The van der Waals surface area contributed by atoms with Crippen LogP contribution in [0.25, 0.3) is 16.7 Å². The fraction of sp³-hybridized carbons (Fsp3) is 0.273. The number of amides is 1. The summed E-state index contributed by atoms with van der Waals surface area (Å²) in [4.78, 5) is 43.0. The number of hydrogen-bond acceptors (Lipinski definition) is 7. The largest absolute Gasteiger partial charge is 0.337 e. The van der Waals surface area contributed by atoms with E-state index in [0.717, 1.165) is 5.56 Å². The van der Waals surface area contributed by atoms with Crippen molar-refractivity contribution < 1.29 is 4.79 Å². The fourth-order valence-electron chi connectivity index (χ4n) is 3.82. The number of carbonyl (C=O) groups excluding carboxylic acids is 1. The Hall–Kier alpha value is -4.08. The minimum atomic E-state index is -0.256. The predicted molar refractivity (Wildman–Crippen MR) is 119 cm³/mol. The number of benzene rings is 1. The smallest absolute Gasteiger partial charge is 0.279 e. The molecule has 0 spiro atoms. The van der Waals surface area contributed by atoms with Crippen molar-refractivity contribution in [3.05, 3.63) is 70.7 Å². The van der Waals surface area contributed by atoms with E-state index in [9.17, 15) is 9.59 Å². The van der Waals surface area contributed by atoms with Gasteiger partial charge < -0.3 is 14.4 Å². The molecule has 0 unspecified atom stereocenters. The quantitative estimate of drug-likeness (QED) is 0.481. The molecule has 4 aromatic rings. The van der Waals surface area contributed by atoms with E-state index in [4.69, 9.17) is 0 Å². The van der Waals surface area contributed by atoms with Crippen molar-refractivity contribution in [2.45, 2.75) is 6.92 Å². The van der Waals surface area contributed by atoms with Crippen molar-refractivity contribution in [1.29, 1.82) is 0 Å². The Morgan fingerprint density at radius 1 is 0.969 bits per heavy atom.